The lowest BCUT2D eigenvalue weighted by Gasteiger charge is -2.17. The summed E-state index contributed by atoms with van der Waals surface area (Å²) in [6.07, 6.45) is 1.91. The van der Waals surface area contributed by atoms with Gasteiger partial charge in [0.1, 0.15) is 5.75 Å². The average molecular weight is 251 g/mol. The Morgan fingerprint density at radius 1 is 1.17 bits per heavy atom. The zero-order chi connectivity index (χ0) is 13.5. The summed E-state index contributed by atoms with van der Waals surface area (Å²) in [4.78, 5) is 0. The number of ether oxygens (including phenoxy) is 2. The minimum absolute atomic E-state index is 0.0338. The molecule has 2 N–H and O–H groups in total. The SMILES string of the molecule is CCCOCCC(N)c1cc(C)c(OC)cc1C. The molecule has 0 heterocycles. The highest BCUT2D eigenvalue weighted by molar-refractivity contribution is 5.42. The van der Waals surface area contributed by atoms with Gasteiger partial charge in [-0.15, -0.1) is 0 Å². The van der Waals surface area contributed by atoms with E-state index in [1.54, 1.807) is 7.11 Å². The van der Waals surface area contributed by atoms with E-state index in [0.717, 1.165) is 37.4 Å². The molecule has 3 heteroatoms. The first-order valence-corrected chi connectivity index (χ1v) is 6.58. The van der Waals surface area contributed by atoms with Crippen molar-refractivity contribution in [2.24, 2.45) is 5.73 Å². The Hall–Kier alpha value is -1.06. The lowest BCUT2D eigenvalue weighted by Crippen LogP contribution is -2.15. The van der Waals surface area contributed by atoms with Gasteiger partial charge in [0.05, 0.1) is 7.11 Å². The Kier molecular flexibility index (Phi) is 6.16. The van der Waals surface area contributed by atoms with Crippen LogP contribution >= 0.6 is 0 Å². The van der Waals surface area contributed by atoms with Crippen LogP contribution < -0.4 is 10.5 Å². The zero-order valence-corrected chi connectivity index (χ0v) is 12.0. The van der Waals surface area contributed by atoms with Crippen LogP contribution in [0.5, 0.6) is 5.75 Å². The van der Waals surface area contributed by atoms with Gasteiger partial charge in [-0.05, 0) is 49.4 Å². The maximum absolute atomic E-state index is 6.22. The number of hydrogen-bond acceptors (Lipinski definition) is 3. The predicted octanol–water partition coefficient (Wildman–Crippen LogP) is 3.13. The van der Waals surface area contributed by atoms with Crippen LogP contribution in [-0.4, -0.2) is 20.3 Å². The molecule has 1 aromatic rings. The van der Waals surface area contributed by atoms with Crippen molar-refractivity contribution in [3.05, 3.63) is 28.8 Å². The second-order valence-corrected chi connectivity index (χ2v) is 4.69. The second-order valence-electron chi connectivity index (χ2n) is 4.69. The molecule has 0 amide bonds. The summed E-state index contributed by atoms with van der Waals surface area (Å²) in [5, 5.41) is 0. The quantitative estimate of drug-likeness (QED) is 0.757. The molecule has 1 rings (SSSR count). The molecule has 1 aromatic carbocycles. The highest BCUT2D eigenvalue weighted by Crippen LogP contribution is 2.26. The highest BCUT2D eigenvalue weighted by Gasteiger charge is 2.11. The van der Waals surface area contributed by atoms with Crippen LogP contribution in [0.25, 0.3) is 0 Å². The van der Waals surface area contributed by atoms with Crippen LogP contribution in [0.1, 0.15) is 42.5 Å². The van der Waals surface area contributed by atoms with Gasteiger partial charge < -0.3 is 15.2 Å². The van der Waals surface area contributed by atoms with Gasteiger partial charge in [0.2, 0.25) is 0 Å². The van der Waals surface area contributed by atoms with E-state index in [-0.39, 0.29) is 6.04 Å². The molecule has 0 aromatic heterocycles. The van der Waals surface area contributed by atoms with E-state index in [4.69, 9.17) is 15.2 Å². The molecule has 0 fully saturated rings. The number of aryl methyl sites for hydroxylation is 2. The first-order chi connectivity index (χ1) is 8.60. The molecular weight excluding hydrogens is 226 g/mol. The molecular formula is C15H25NO2. The zero-order valence-electron chi connectivity index (χ0n) is 12.0. The maximum atomic E-state index is 6.22. The van der Waals surface area contributed by atoms with Crippen molar-refractivity contribution in [3.63, 3.8) is 0 Å². The Morgan fingerprint density at radius 2 is 1.89 bits per heavy atom. The van der Waals surface area contributed by atoms with Crippen LogP contribution in [0.3, 0.4) is 0 Å². The van der Waals surface area contributed by atoms with Crippen molar-refractivity contribution in [2.75, 3.05) is 20.3 Å². The van der Waals surface area contributed by atoms with Crippen molar-refractivity contribution in [1.82, 2.24) is 0 Å². The Morgan fingerprint density at radius 3 is 2.50 bits per heavy atom. The minimum atomic E-state index is 0.0338. The van der Waals surface area contributed by atoms with Crippen LogP contribution in [0.15, 0.2) is 12.1 Å². The van der Waals surface area contributed by atoms with E-state index in [1.165, 1.54) is 11.1 Å². The molecule has 102 valence electrons. The first-order valence-electron chi connectivity index (χ1n) is 6.58. The van der Waals surface area contributed by atoms with Gasteiger partial charge in [-0.1, -0.05) is 13.0 Å². The summed E-state index contributed by atoms with van der Waals surface area (Å²) in [5.74, 6) is 0.922. The molecule has 0 aliphatic heterocycles. The van der Waals surface area contributed by atoms with Crippen molar-refractivity contribution in [2.45, 2.75) is 39.7 Å². The van der Waals surface area contributed by atoms with E-state index in [2.05, 4.69) is 26.0 Å². The van der Waals surface area contributed by atoms with Gasteiger partial charge in [-0.25, -0.2) is 0 Å². The van der Waals surface area contributed by atoms with Crippen molar-refractivity contribution in [1.29, 1.82) is 0 Å². The van der Waals surface area contributed by atoms with Crippen LogP contribution in [-0.2, 0) is 4.74 Å². The third kappa shape index (κ3) is 4.00. The highest BCUT2D eigenvalue weighted by atomic mass is 16.5. The number of methoxy groups -OCH3 is 1. The van der Waals surface area contributed by atoms with Crippen molar-refractivity contribution in [3.8, 4) is 5.75 Å². The monoisotopic (exact) mass is 251 g/mol. The first kappa shape index (κ1) is 15.0. The molecule has 0 saturated carbocycles. The summed E-state index contributed by atoms with van der Waals surface area (Å²) < 4.78 is 10.8. The molecule has 0 aliphatic rings. The molecule has 1 unspecified atom stereocenters. The fourth-order valence-electron chi connectivity index (χ4n) is 2.04. The van der Waals surface area contributed by atoms with Gasteiger partial charge in [-0.2, -0.15) is 0 Å². The van der Waals surface area contributed by atoms with Crippen molar-refractivity contribution >= 4 is 0 Å². The summed E-state index contributed by atoms with van der Waals surface area (Å²) in [6, 6.07) is 4.21. The number of hydrogen-bond donors (Lipinski definition) is 1. The molecule has 0 bridgehead atoms. The molecule has 0 aliphatic carbocycles. The Balaban J connectivity index is 2.67. The summed E-state index contributed by atoms with van der Waals surface area (Å²) in [5.41, 5.74) is 9.71. The van der Waals surface area contributed by atoms with E-state index >= 15 is 0 Å². The normalized spacial score (nSPS) is 12.5. The average Bonchev–Trinajstić information content (AvgIpc) is 2.36. The number of benzene rings is 1. The van der Waals surface area contributed by atoms with Gasteiger partial charge in [0.25, 0.3) is 0 Å². The predicted molar refractivity (Wildman–Crippen MR) is 75.1 cm³/mol. The molecule has 0 saturated heterocycles. The molecule has 3 nitrogen and oxygen atoms in total. The summed E-state index contributed by atoms with van der Waals surface area (Å²) in [6.45, 7) is 7.76. The smallest absolute Gasteiger partial charge is 0.122 e. The van der Waals surface area contributed by atoms with Crippen molar-refractivity contribution < 1.29 is 9.47 Å². The van der Waals surface area contributed by atoms with Crippen LogP contribution in [0, 0.1) is 13.8 Å². The molecule has 1 atom stereocenters. The van der Waals surface area contributed by atoms with Gasteiger partial charge >= 0.3 is 0 Å². The Labute approximate surface area is 110 Å². The van der Waals surface area contributed by atoms with Crippen LogP contribution in [0.2, 0.25) is 0 Å². The molecule has 0 radical (unpaired) electrons. The lowest BCUT2D eigenvalue weighted by molar-refractivity contribution is 0.127. The standard InChI is InChI=1S/C15H25NO2/c1-5-7-18-8-6-14(16)13-9-12(3)15(17-4)10-11(13)2/h9-10,14H,5-8,16H2,1-4H3. The summed E-state index contributed by atoms with van der Waals surface area (Å²) in [7, 11) is 1.69. The largest absolute Gasteiger partial charge is 0.496 e. The van der Waals surface area contributed by atoms with E-state index < -0.39 is 0 Å². The van der Waals surface area contributed by atoms with E-state index in [0.29, 0.717) is 0 Å². The van der Waals surface area contributed by atoms with Gasteiger partial charge in [0, 0.05) is 19.3 Å². The van der Waals surface area contributed by atoms with E-state index in [9.17, 15) is 0 Å². The number of nitrogens with two attached hydrogens (primary N) is 1. The summed E-state index contributed by atoms with van der Waals surface area (Å²) >= 11 is 0. The topological polar surface area (TPSA) is 44.5 Å². The Bertz CT molecular complexity index is 377. The molecule has 0 spiro atoms. The third-order valence-corrected chi connectivity index (χ3v) is 3.10. The lowest BCUT2D eigenvalue weighted by atomic mass is 9.97. The minimum Gasteiger partial charge on any atom is -0.496 e. The number of rotatable bonds is 7. The fourth-order valence-corrected chi connectivity index (χ4v) is 2.04. The van der Waals surface area contributed by atoms with Crippen LogP contribution in [0.4, 0.5) is 0 Å². The van der Waals surface area contributed by atoms with Gasteiger partial charge in [-0.3, -0.25) is 0 Å². The molecule has 18 heavy (non-hydrogen) atoms. The third-order valence-electron chi connectivity index (χ3n) is 3.10. The second kappa shape index (κ2) is 7.39. The fraction of sp³-hybridized carbons (Fsp3) is 0.600. The van der Waals surface area contributed by atoms with E-state index in [1.807, 2.05) is 6.92 Å². The maximum Gasteiger partial charge on any atom is 0.122 e. The van der Waals surface area contributed by atoms with Gasteiger partial charge in [0.15, 0.2) is 0 Å².